The van der Waals surface area contributed by atoms with Crippen LogP contribution in [0.2, 0.25) is 5.02 Å². The smallest absolute Gasteiger partial charge is 0.252 e. The van der Waals surface area contributed by atoms with Crippen LogP contribution in [0.15, 0.2) is 55.0 Å². The SMILES string of the molecule is C[C@H](O)c1cc(-c2ccc3ncnn3c2)cc2c1[C@H](c1cc(F)ccc1Cl)NC2=O. The highest BCUT2D eigenvalue weighted by Gasteiger charge is 2.35. The predicted octanol–water partition coefficient (Wildman–Crippen LogP) is 4.07. The van der Waals surface area contributed by atoms with Crippen molar-refractivity contribution >= 4 is 23.2 Å². The molecule has 6 nitrogen and oxygen atoms in total. The van der Waals surface area contributed by atoms with Gasteiger partial charge in [0.05, 0.1) is 12.1 Å². The number of nitrogens with zero attached hydrogens (tertiary/aromatic N) is 3. The molecule has 5 rings (SSSR count). The molecule has 2 atom stereocenters. The van der Waals surface area contributed by atoms with Crippen LogP contribution in [-0.4, -0.2) is 25.6 Å². The lowest BCUT2D eigenvalue weighted by atomic mass is 9.88. The van der Waals surface area contributed by atoms with Crippen LogP contribution in [0.1, 0.15) is 46.1 Å². The van der Waals surface area contributed by atoms with Crippen molar-refractivity contribution in [1.82, 2.24) is 19.9 Å². The molecule has 2 N–H and O–H groups in total. The lowest BCUT2D eigenvalue weighted by Crippen LogP contribution is -2.20. The molecule has 30 heavy (non-hydrogen) atoms. The van der Waals surface area contributed by atoms with Gasteiger partial charge in [-0.25, -0.2) is 13.9 Å². The van der Waals surface area contributed by atoms with Crippen LogP contribution in [0.25, 0.3) is 16.8 Å². The minimum absolute atomic E-state index is 0.305. The normalized spacial score (nSPS) is 16.5. The number of benzene rings is 2. The zero-order valence-corrected chi connectivity index (χ0v) is 16.6. The topological polar surface area (TPSA) is 79.5 Å². The number of pyridine rings is 1. The molecule has 1 aliphatic rings. The number of aromatic nitrogens is 3. The molecule has 150 valence electrons. The van der Waals surface area contributed by atoms with Gasteiger partial charge >= 0.3 is 0 Å². The number of carbonyl (C=O) groups excluding carboxylic acids is 1. The Kier molecular flexibility index (Phi) is 4.30. The van der Waals surface area contributed by atoms with Crippen LogP contribution in [0.5, 0.6) is 0 Å². The third-order valence-electron chi connectivity index (χ3n) is 5.35. The number of hydrogen-bond acceptors (Lipinski definition) is 4. The summed E-state index contributed by atoms with van der Waals surface area (Å²) in [6, 6.07) is 10.7. The van der Waals surface area contributed by atoms with E-state index >= 15 is 0 Å². The number of nitrogens with one attached hydrogen (secondary N) is 1. The van der Waals surface area contributed by atoms with Crippen molar-refractivity contribution in [2.45, 2.75) is 19.1 Å². The monoisotopic (exact) mass is 422 g/mol. The predicted molar refractivity (Wildman–Crippen MR) is 110 cm³/mol. The summed E-state index contributed by atoms with van der Waals surface area (Å²) in [5, 5.41) is 17.9. The van der Waals surface area contributed by atoms with Gasteiger partial charge in [0.2, 0.25) is 0 Å². The number of rotatable bonds is 3. The molecule has 4 aromatic rings. The summed E-state index contributed by atoms with van der Waals surface area (Å²) in [5.41, 5.74) is 4.32. The second kappa shape index (κ2) is 6.90. The Labute approximate surface area is 175 Å². The molecule has 0 saturated heterocycles. The Balaban J connectivity index is 1.71. The maximum absolute atomic E-state index is 13.9. The fourth-order valence-electron chi connectivity index (χ4n) is 3.94. The number of aliphatic hydroxyl groups excluding tert-OH is 1. The van der Waals surface area contributed by atoms with E-state index in [-0.39, 0.29) is 5.91 Å². The summed E-state index contributed by atoms with van der Waals surface area (Å²) < 4.78 is 15.5. The first kappa shape index (κ1) is 18.7. The van der Waals surface area contributed by atoms with Crippen LogP contribution < -0.4 is 5.32 Å². The van der Waals surface area contributed by atoms with Gasteiger partial charge in [0.1, 0.15) is 12.1 Å². The lowest BCUT2D eigenvalue weighted by molar-refractivity contribution is 0.0960. The number of amides is 1. The van der Waals surface area contributed by atoms with Crippen molar-refractivity contribution in [3.63, 3.8) is 0 Å². The number of carbonyl (C=O) groups is 1. The van der Waals surface area contributed by atoms with Crippen LogP contribution in [0.3, 0.4) is 0 Å². The molecule has 8 heteroatoms. The quantitative estimate of drug-likeness (QED) is 0.521. The standard InChI is InChI=1S/C22H16ClFN4O2/c1-11(29)15-6-13(12-2-5-19-25-10-26-28(19)9-12)7-17-20(15)21(27-22(17)30)16-8-14(24)3-4-18(16)23/h2-11,21,29H,1H3,(H,27,30)/t11-,21-/m0/s1. The molecule has 0 radical (unpaired) electrons. The number of hydrogen-bond donors (Lipinski definition) is 2. The molecule has 0 unspecified atom stereocenters. The van der Waals surface area contributed by atoms with Crippen molar-refractivity contribution < 1.29 is 14.3 Å². The first-order chi connectivity index (χ1) is 14.4. The number of halogens is 2. The summed E-state index contributed by atoms with van der Waals surface area (Å²) in [4.78, 5) is 17.0. The Morgan fingerprint density at radius 2 is 2.03 bits per heavy atom. The van der Waals surface area contributed by atoms with Gasteiger partial charge in [0, 0.05) is 27.9 Å². The third-order valence-corrected chi connectivity index (χ3v) is 5.69. The molecule has 0 fully saturated rings. The molecule has 2 aromatic carbocycles. The van der Waals surface area contributed by atoms with E-state index in [0.29, 0.717) is 32.9 Å². The third kappa shape index (κ3) is 2.94. The highest BCUT2D eigenvalue weighted by atomic mass is 35.5. The first-order valence-electron chi connectivity index (χ1n) is 9.34. The summed E-state index contributed by atoms with van der Waals surface area (Å²) in [5.74, 6) is -0.755. The summed E-state index contributed by atoms with van der Waals surface area (Å²) in [7, 11) is 0. The van der Waals surface area contributed by atoms with Crippen LogP contribution >= 0.6 is 11.6 Å². The molecule has 0 aliphatic carbocycles. The van der Waals surface area contributed by atoms with Crippen molar-refractivity contribution in [3.05, 3.63) is 88.1 Å². The van der Waals surface area contributed by atoms with E-state index in [1.165, 1.54) is 24.5 Å². The second-order valence-electron chi connectivity index (χ2n) is 7.26. The fraction of sp³-hybridized carbons (Fsp3) is 0.136. The molecule has 3 heterocycles. The molecular formula is C22H16ClFN4O2. The Bertz CT molecular complexity index is 1320. The molecule has 0 saturated carbocycles. The molecule has 2 aromatic heterocycles. The maximum atomic E-state index is 13.9. The van der Waals surface area contributed by atoms with Gasteiger partial charge in [-0.3, -0.25) is 4.79 Å². The Morgan fingerprint density at radius 3 is 2.83 bits per heavy atom. The molecule has 1 aliphatic heterocycles. The number of fused-ring (bicyclic) bond motifs is 2. The van der Waals surface area contributed by atoms with Gasteiger partial charge in [0.25, 0.3) is 5.91 Å². The van der Waals surface area contributed by atoms with E-state index in [0.717, 1.165) is 11.1 Å². The highest BCUT2D eigenvalue weighted by molar-refractivity contribution is 6.31. The first-order valence-corrected chi connectivity index (χ1v) is 9.71. The summed E-state index contributed by atoms with van der Waals surface area (Å²) >= 11 is 6.30. The van der Waals surface area contributed by atoms with Crippen molar-refractivity contribution in [1.29, 1.82) is 0 Å². The van der Waals surface area contributed by atoms with Gasteiger partial charge in [0.15, 0.2) is 5.65 Å². The van der Waals surface area contributed by atoms with Gasteiger partial charge in [-0.2, -0.15) is 5.10 Å². The van der Waals surface area contributed by atoms with Gasteiger partial charge in [-0.1, -0.05) is 11.6 Å². The summed E-state index contributed by atoms with van der Waals surface area (Å²) in [6.45, 7) is 1.63. The highest BCUT2D eigenvalue weighted by Crippen LogP contribution is 2.41. The zero-order valence-electron chi connectivity index (χ0n) is 15.8. The summed E-state index contributed by atoms with van der Waals surface area (Å²) in [6.07, 6.45) is 2.42. The average molecular weight is 423 g/mol. The molecule has 1 amide bonds. The average Bonchev–Trinajstić information content (AvgIpc) is 3.33. The Hall–Kier alpha value is -3.29. The van der Waals surface area contributed by atoms with Crippen LogP contribution in [0.4, 0.5) is 4.39 Å². The van der Waals surface area contributed by atoms with Crippen LogP contribution in [0, 0.1) is 5.82 Å². The maximum Gasteiger partial charge on any atom is 0.252 e. The van der Waals surface area contributed by atoms with Crippen molar-refractivity contribution in [3.8, 4) is 11.1 Å². The van der Waals surface area contributed by atoms with E-state index in [2.05, 4.69) is 15.4 Å². The minimum Gasteiger partial charge on any atom is -0.389 e. The lowest BCUT2D eigenvalue weighted by Gasteiger charge is -2.20. The van der Waals surface area contributed by atoms with Gasteiger partial charge < -0.3 is 10.4 Å². The van der Waals surface area contributed by atoms with E-state index in [9.17, 15) is 14.3 Å². The Morgan fingerprint density at radius 1 is 1.20 bits per heavy atom. The van der Waals surface area contributed by atoms with E-state index < -0.39 is 18.0 Å². The van der Waals surface area contributed by atoms with E-state index in [4.69, 9.17) is 11.6 Å². The van der Waals surface area contributed by atoms with Gasteiger partial charge in [-0.05, 0) is 66.1 Å². The minimum atomic E-state index is -0.851. The fourth-order valence-corrected chi connectivity index (χ4v) is 4.16. The second-order valence-corrected chi connectivity index (χ2v) is 7.66. The largest absolute Gasteiger partial charge is 0.389 e. The van der Waals surface area contributed by atoms with E-state index in [1.807, 2.05) is 24.4 Å². The van der Waals surface area contributed by atoms with Crippen LogP contribution in [-0.2, 0) is 0 Å². The molecular weight excluding hydrogens is 407 g/mol. The van der Waals surface area contributed by atoms with Gasteiger partial charge in [-0.15, -0.1) is 0 Å². The zero-order chi connectivity index (χ0) is 21.0. The van der Waals surface area contributed by atoms with Crippen molar-refractivity contribution in [2.24, 2.45) is 0 Å². The van der Waals surface area contributed by atoms with Crippen molar-refractivity contribution in [2.75, 3.05) is 0 Å². The van der Waals surface area contributed by atoms with E-state index in [1.54, 1.807) is 17.5 Å². The molecule has 0 spiro atoms. The number of aliphatic hydroxyl groups is 1. The molecule has 0 bridgehead atoms.